The summed E-state index contributed by atoms with van der Waals surface area (Å²) in [6, 6.07) is 6.68. The second-order valence-corrected chi connectivity index (χ2v) is 7.13. The number of nitrogens with zero attached hydrogens (tertiary/aromatic N) is 1. The van der Waals surface area contributed by atoms with Gasteiger partial charge in [0.15, 0.2) is 5.88 Å². The van der Waals surface area contributed by atoms with Crippen molar-refractivity contribution >= 4 is 11.8 Å². The van der Waals surface area contributed by atoms with Crippen LogP contribution in [0, 0.1) is 6.92 Å². The second-order valence-electron chi connectivity index (χ2n) is 5.99. The predicted octanol–water partition coefficient (Wildman–Crippen LogP) is 4.19. The molecule has 0 aliphatic carbocycles. The molecule has 19 heavy (non-hydrogen) atoms. The van der Waals surface area contributed by atoms with Gasteiger partial charge in [-0.1, -0.05) is 17.7 Å². The first-order chi connectivity index (χ1) is 8.85. The molecule has 0 aromatic heterocycles. The maximum Gasteiger partial charge on any atom is 0.182 e. The lowest BCUT2D eigenvalue weighted by Crippen LogP contribution is -2.30. The summed E-state index contributed by atoms with van der Waals surface area (Å²) in [5, 5.41) is 0. The van der Waals surface area contributed by atoms with Crippen LogP contribution in [-0.4, -0.2) is 22.8 Å². The number of rotatable bonds is 2. The molecule has 0 N–H and O–H groups in total. The minimum absolute atomic E-state index is 0.189. The molecule has 0 radical (unpaired) electrons. The van der Waals surface area contributed by atoms with Crippen LogP contribution in [0.4, 0.5) is 0 Å². The molecule has 1 aliphatic rings. The Balaban J connectivity index is 2.15. The Kier molecular flexibility index (Phi) is 4.14. The van der Waals surface area contributed by atoms with E-state index in [0.717, 1.165) is 24.7 Å². The summed E-state index contributed by atoms with van der Waals surface area (Å²) in [4.78, 5) is 3.63. The summed E-state index contributed by atoms with van der Waals surface area (Å²) >= 11 is 1.92. The van der Waals surface area contributed by atoms with Gasteiger partial charge in [0.1, 0.15) is 5.60 Å². The van der Waals surface area contributed by atoms with Gasteiger partial charge in [-0.15, -0.1) is 11.8 Å². The molecule has 0 unspecified atom stereocenters. The Morgan fingerprint density at radius 3 is 2.79 bits per heavy atom. The van der Waals surface area contributed by atoms with Gasteiger partial charge in [-0.05, 0) is 45.9 Å². The first-order valence-corrected chi connectivity index (χ1v) is 7.69. The molecule has 0 fully saturated rings. The highest BCUT2D eigenvalue weighted by Crippen LogP contribution is 2.30. The van der Waals surface area contributed by atoms with Crippen LogP contribution in [0.25, 0.3) is 0 Å². The van der Waals surface area contributed by atoms with Gasteiger partial charge in [-0.3, -0.25) is 0 Å². The highest BCUT2D eigenvalue weighted by molar-refractivity contribution is 7.99. The van der Waals surface area contributed by atoms with Crippen molar-refractivity contribution in [2.24, 2.45) is 0 Å². The number of hydrogen-bond acceptors (Lipinski definition) is 3. The highest BCUT2D eigenvalue weighted by Gasteiger charge is 2.20. The highest BCUT2D eigenvalue weighted by atomic mass is 32.2. The summed E-state index contributed by atoms with van der Waals surface area (Å²) in [6.07, 6.45) is 0. The van der Waals surface area contributed by atoms with E-state index < -0.39 is 0 Å². The number of aryl methyl sites for hydroxylation is 1. The van der Waals surface area contributed by atoms with Crippen LogP contribution < -0.4 is 0 Å². The molecule has 1 aliphatic heterocycles. The zero-order valence-corrected chi connectivity index (χ0v) is 13.1. The molecule has 0 bridgehead atoms. The van der Waals surface area contributed by atoms with E-state index in [1.165, 1.54) is 16.0 Å². The fraction of sp³-hybridized carbons (Fsp3) is 0.500. The Morgan fingerprint density at radius 1 is 1.37 bits per heavy atom. The van der Waals surface area contributed by atoms with E-state index in [4.69, 9.17) is 4.74 Å². The molecular weight excluding hydrogens is 254 g/mol. The van der Waals surface area contributed by atoms with E-state index in [-0.39, 0.29) is 5.60 Å². The third-order valence-corrected chi connectivity index (χ3v) is 4.07. The van der Waals surface area contributed by atoms with Crippen molar-refractivity contribution < 1.29 is 4.74 Å². The van der Waals surface area contributed by atoms with Crippen molar-refractivity contribution in [3.05, 3.63) is 41.8 Å². The van der Waals surface area contributed by atoms with Crippen LogP contribution in [0.3, 0.4) is 0 Å². The van der Waals surface area contributed by atoms with E-state index in [1.54, 1.807) is 0 Å². The lowest BCUT2D eigenvalue weighted by molar-refractivity contribution is 0.00236. The summed E-state index contributed by atoms with van der Waals surface area (Å²) in [7, 11) is 0. The normalized spacial score (nSPS) is 15.7. The molecule has 0 amide bonds. The van der Waals surface area contributed by atoms with Crippen LogP contribution >= 0.6 is 11.8 Å². The van der Waals surface area contributed by atoms with E-state index in [9.17, 15) is 0 Å². The van der Waals surface area contributed by atoms with Crippen LogP contribution in [0.2, 0.25) is 0 Å². The summed E-state index contributed by atoms with van der Waals surface area (Å²) < 4.78 is 5.90. The monoisotopic (exact) mass is 277 g/mol. The van der Waals surface area contributed by atoms with E-state index in [2.05, 4.69) is 57.4 Å². The summed E-state index contributed by atoms with van der Waals surface area (Å²) in [6.45, 7) is 14.3. The summed E-state index contributed by atoms with van der Waals surface area (Å²) in [5.41, 5.74) is 2.50. The van der Waals surface area contributed by atoms with E-state index in [0.29, 0.717) is 0 Å². The molecule has 2 rings (SSSR count). The molecule has 1 aromatic carbocycles. The van der Waals surface area contributed by atoms with E-state index >= 15 is 0 Å². The molecule has 1 aromatic rings. The van der Waals surface area contributed by atoms with Crippen LogP contribution in [-0.2, 0) is 11.3 Å². The fourth-order valence-corrected chi connectivity index (χ4v) is 3.16. The fourth-order valence-electron chi connectivity index (χ4n) is 2.15. The lowest BCUT2D eigenvalue weighted by Gasteiger charge is -2.30. The number of thioether (sulfide) groups is 1. The van der Waals surface area contributed by atoms with Crippen molar-refractivity contribution in [3.8, 4) is 0 Å². The molecule has 0 atom stereocenters. The van der Waals surface area contributed by atoms with Gasteiger partial charge in [-0.25, -0.2) is 0 Å². The Morgan fingerprint density at radius 2 is 2.11 bits per heavy atom. The third kappa shape index (κ3) is 3.93. The minimum Gasteiger partial charge on any atom is -0.474 e. The van der Waals surface area contributed by atoms with Crippen LogP contribution in [0.15, 0.2) is 35.6 Å². The van der Waals surface area contributed by atoms with Gasteiger partial charge >= 0.3 is 0 Å². The van der Waals surface area contributed by atoms with Crippen LogP contribution in [0.1, 0.15) is 31.9 Å². The zero-order chi connectivity index (χ0) is 14.0. The van der Waals surface area contributed by atoms with Crippen LogP contribution in [0.5, 0.6) is 0 Å². The van der Waals surface area contributed by atoms with Crippen molar-refractivity contribution in [1.29, 1.82) is 0 Å². The van der Waals surface area contributed by atoms with Gasteiger partial charge in [0.25, 0.3) is 0 Å². The topological polar surface area (TPSA) is 12.5 Å². The number of ether oxygens (including phenoxy) is 1. The maximum absolute atomic E-state index is 5.90. The molecule has 0 saturated carbocycles. The van der Waals surface area contributed by atoms with Gasteiger partial charge in [0.2, 0.25) is 0 Å². The Bertz CT molecular complexity index is 476. The first-order valence-electron chi connectivity index (χ1n) is 6.70. The molecule has 2 nitrogen and oxygen atoms in total. The lowest BCUT2D eigenvalue weighted by atomic mass is 10.1. The third-order valence-electron chi connectivity index (χ3n) is 2.97. The number of benzene rings is 1. The molecular formula is C16H23NOS. The number of fused-ring (bicyclic) bond motifs is 1. The largest absolute Gasteiger partial charge is 0.474 e. The van der Waals surface area contributed by atoms with Gasteiger partial charge in [-0.2, -0.15) is 0 Å². The quantitative estimate of drug-likeness (QED) is 0.752. The standard InChI is InChI=1S/C16H23NOS/c1-12-6-7-15-14(10-12)11-17(8-9-19-15)13(2)18-16(3,4)5/h6-7,10H,2,8-9,11H2,1,3-5H3. The molecule has 0 spiro atoms. The van der Waals surface area contributed by atoms with Crippen molar-refractivity contribution in [1.82, 2.24) is 4.90 Å². The maximum atomic E-state index is 5.90. The number of hydrogen-bond donors (Lipinski definition) is 0. The van der Waals surface area contributed by atoms with Crippen molar-refractivity contribution in [2.45, 2.75) is 44.7 Å². The molecule has 0 saturated heterocycles. The molecule has 104 valence electrons. The van der Waals surface area contributed by atoms with E-state index in [1.807, 2.05) is 11.8 Å². The van der Waals surface area contributed by atoms with Gasteiger partial charge < -0.3 is 9.64 Å². The SMILES string of the molecule is C=C(OC(C)(C)C)N1CCSc2ccc(C)cc2C1. The average Bonchev–Trinajstić information content (AvgIpc) is 2.48. The predicted molar refractivity (Wildman–Crippen MR) is 82.3 cm³/mol. The average molecular weight is 277 g/mol. The molecule has 1 heterocycles. The van der Waals surface area contributed by atoms with Crippen molar-refractivity contribution in [2.75, 3.05) is 12.3 Å². The Hall–Kier alpha value is -1.09. The molecule has 3 heteroatoms. The second kappa shape index (κ2) is 5.49. The first kappa shape index (κ1) is 14.3. The Labute approximate surface area is 120 Å². The van der Waals surface area contributed by atoms with Crippen molar-refractivity contribution in [3.63, 3.8) is 0 Å². The van der Waals surface area contributed by atoms with Gasteiger partial charge in [0, 0.05) is 23.7 Å². The zero-order valence-electron chi connectivity index (χ0n) is 12.3. The minimum atomic E-state index is -0.189. The summed E-state index contributed by atoms with van der Waals surface area (Å²) in [5.74, 6) is 1.85. The smallest absolute Gasteiger partial charge is 0.182 e. The van der Waals surface area contributed by atoms with Gasteiger partial charge in [0.05, 0.1) is 0 Å².